The Kier molecular flexibility index (Phi) is 9.00. The molecule has 0 aliphatic carbocycles. The highest BCUT2D eigenvalue weighted by Gasteiger charge is 2.35. The van der Waals surface area contributed by atoms with E-state index in [1.807, 2.05) is 0 Å². The summed E-state index contributed by atoms with van der Waals surface area (Å²) in [5.41, 5.74) is 10.8. The summed E-state index contributed by atoms with van der Waals surface area (Å²) in [5.74, 6) is -2.46. The van der Waals surface area contributed by atoms with Crippen molar-refractivity contribution < 1.29 is 24.3 Å². The van der Waals surface area contributed by atoms with E-state index in [1.165, 1.54) is 11.8 Å². The highest BCUT2D eigenvalue weighted by Crippen LogP contribution is 2.18. The van der Waals surface area contributed by atoms with Gasteiger partial charge in [-0.25, -0.2) is 4.79 Å². The van der Waals surface area contributed by atoms with Crippen LogP contribution in [0.2, 0.25) is 0 Å². The molecule has 3 atom stereocenters. The second-order valence-corrected chi connectivity index (χ2v) is 6.44. The van der Waals surface area contributed by atoms with Gasteiger partial charge in [-0.15, -0.1) is 0 Å². The fourth-order valence-corrected chi connectivity index (χ4v) is 2.78. The number of nitrogens with one attached hydrogen (secondary N) is 2. The zero-order chi connectivity index (χ0) is 19.7. The molecule has 0 aromatic heterocycles. The molecule has 0 aromatic rings. The van der Waals surface area contributed by atoms with Gasteiger partial charge < -0.3 is 32.1 Å². The Labute approximate surface area is 152 Å². The molecule has 26 heavy (non-hydrogen) atoms. The van der Waals surface area contributed by atoms with Gasteiger partial charge in [-0.1, -0.05) is 0 Å². The first-order valence-electron chi connectivity index (χ1n) is 8.84. The number of carbonyl (C=O) groups is 4. The van der Waals surface area contributed by atoms with E-state index in [9.17, 15) is 24.3 Å². The van der Waals surface area contributed by atoms with Gasteiger partial charge in [0.1, 0.15) is 12.1 Å². The summed E-state index contributed by atoms with van der Waals surface area (Å²) in [6.07, 6.45) is 2.63. The minimum Gasteiger partial charge on any atom is -0.480 e. The van der Waals surface area contributed by atoms with Crippen molar-refractivity contribution in [2.24, 2.45) is 11.5 Å². The molecule has 148 valence electrons. The van der Waals surface area contributed by atoms with Crippen molar-refractivity contribution in [3.8, 4) is 0 Å². The molecular weight excluding hydrogens is 342 g/mol. The molecule has 0 spiro atoms. The zero-order valence-corrected chi connectivity index (χ0v) is 15.1. The number of likely N-dealkylation sites (tertiary alicyclic amines) is 1. The number of unbranched alkanes of at least 4 members (excludes halogenated alkanes) is 1. The molecule has 7 N–H and O–H groups in total. The number of carboxylic acid groups (broad SMARTS) is 1. The maximum absolute atomic E-state index is 12.5. The summed E-state index contributed by atoms with van der Waals surface area (Å²) in [6.45, 7) is 2.10. The molecule has 10 heteroatoms. The minimum absolute atomic E-state index is 0.247. The molecular formula is C16H29N5O5. The van der Waals surface area contributed by atoms with Crippen LogP contribution in [-0.2, 0) is 19.2 Å². The molecule has 1 aliphatic rings. The number of hydrogen-bond donors (Lipinski definition) is 5. The Morgan fingerprint density at radius 3 is 2.54 bits per heavy atom. The molecule has 1 fully saturated rings. The lowest BCUT2D eigenvalue weighted by molar-refractivity contribution is -0.144. The quantitative estimate of drug-likeness (QED) is 0.280. The second kappa shape index (κ2) is 10.7. The summed E-state index contributed by atoms with van der Waals surface area (Å²) in [4.78, 5) is 48.9. The van der Waals surface area contributed by atoms with Gasteiger partial charge in [-0.05, 0) is 45.6 Å². The minimum atomic E-state index is -1.12. The summed E-state index contributed by atoms with van der Waals surface area (Å²) in [5, 5.41) is 14.2. The average Bonchev–Trinajstić information content (AvgIpc) is 3.08. The Morgan fingerprint density at radius 1 is 1.27 bits per heavy atom. The molecule has 1 aliphatic heterocycles. The number of aliphatic carboxylic acids is 1. The zero-order valence-electron chi connectivity index (χ0n) is 15.1. The van der Waals surface area contributed by atoms with Crippen LogP contribution in [0.1, 0.15) is 39.0 Å². The molecule has 3 unspecified atom stereocenters. The molecule has 1 rings (SSSR count). The van der Waals surface area contributed by atoms with Crippen molar-refractivity contribution in [1.82, 2.24) is 15.5 Å². The summed E-state index contributed by atoms with van der Waals surface area (Å²) < 4.78 is 0. The summed E-state index contributed by atoms with van der Waals surface area (Å²) in [6, 6.07) is -2.47. The highest BCUT2D eigenvalue weighted by molar-refractivity contribution is 5.92. The van der Waals surface area contributed by atoms with E-state index in [0.29, 0.717) is 38.8 Å². The number of carboxylic acids is 1. The van der Waals surface area contributed by atoms with Crippen LogP contribution in [0.5, 0.6) is 0 Å². The number of amides is 3. The van der Waals surface area contributed by atoms with Crippen LogP contribution < -0.4 is 22.1 Å². The van der Waals surface area contributed by atoms with Gasteiger partial charge in [0.2, 0.25) is 17.7 Å². The van der Waals surface area contributed by atoms with Crippen LogP contribution in [0.15, 0.2) is 0 Å². The number of carbonyl (C=O) groups excluding carboxylic acids is 3. The smallest absolute Gasteiger partial charge is 0.326 e. The third kappa shape index (κ3) is 6.60. The number of nitrogens with two attached hydrogens (primary N) is 2. The van der Waals surface area contributed by atoms with Crippen molar-refractivity contribution in [3.05, 3.63) is 0 Å². The van der Waals surface area contributed by atoms with Crippen molar-refractivity contribution in [1.29, 1.82) is 0 Å². The summed E-state index contributed by atoms with van der Waals surface area (Å²) >= 11 is 0. The van der Waals surface area contributed by atoms with Gasteiger partial charge >= 0.3 is 5.97 Å². The third-order valence-corrected chi connectivity index (χ3v) is 4.26. The van der Waals surface area contributed by atoms with Gasteiger partial charge in [0, 0.05) is 6.54 Å². The Hall–Kier alpha value is -2.20. The van der Waals surface area contributed by atoms with Gasteiger partial charge in [0.05, 0.1) is 12.6 Å². The fourth-order valence-electron chi connectivity index (χ4n) is 2.78. The van der Waals surface area contributed by atoms with Gasteiger partial charge in [0.15, 0.2) is 0 Å². The molecule has 1 saturated heterocycles. The topological polar surface area (TPSA) is 168 Å². The number of hydrogen-bond acceptors (Lipinski definition) is 6. The fraction of sp³-hybridized carbons (Fsp3) is 0.750. The van der Waals surface area contributed by atoms with Crippen molar-refractivity contribution in [2.45, 2.75) is 57.2 Å². The van der Waals surface area contributed by atoms with Gasteiger partial charge in [0.25, 0.3) is 0 Å². The monoisotopic (exact) mass is 371 g/mol. The SMILES string of the molecule is CC(N)C(=O)NCC(=O)N1CCCC1C(=O)NC(CCCCN)C(=O)O. The normalized spacial score (nSPS) is 18.9. The van der Waals surface area contributed by atoms with E-state index < -0.39 is 41.8 Å². The van der Waals surface area contributed by atoms with Crippen LogP contribution in [0.25, 0.3) is 0 Å². The maximum Gasteiger partial charge on any atom is 0.326 e. The van der Waals surface area contributed by atoms with Crippen LogP contribution in [0, 0.1) is 0 Å². The number of rotatable bonds is 10. The predicted octanol–water partition coefficient (Wildman–Crippen LogP) is -1.86. The van der Waals surface area contributed by atoms with Crippen LogP contribution >= 0.6 is 0 Å². The van der Waals surface area contributed by atoms with E-state index in [1.54, 1.807) is 0 Å². The van der Waals surface area contributed by atoms with Gasteiger partial charge in [-0.2, -0.15) is 0 Å². The number of nitrogens with zero attached hydrogens (tertiary/aromatic N) is 1. The van der Waals surface area contributed by atoms with Crippen LogP contribution in [-0.4, -0.2) is 71.5 Å². The van der Waals surface area contributed by atoms with Crippen molar-refractivity contribution >= 4 is 23.7 Å². The predicted molar refractivity (Wildman–Crippen MR) is 93.9 cm³/mol. The first kappa shape index (κ1) is 21.8. The summed E-state index contributed by atoms with van der Waals surface area (Å²) in [7, 11) is 0. The van der Waals surface area contributed by atoms with E-state index in [2.05, 4.69) is 10.6 Å². The largest absolute Gasteiger partial charge is 0.480 e. The van der Waals surface area contributed by atoms with E-state index in [-0.39, 0.29) is 13.0 Å². The Bertz CT molecular complexity index is 525. The van der Waals surface area contributed by atoms with Crippen molar-refractivity contribution in [3.63, 3.8) is 0 Å². The molecule has 3 amide bonds. The molecule has 1 heterocycles. The highest BCUT2D eigenvalue weighted by atomic mass is 16.4. The molecule has 0 radical (unpaired) electrons. The van der Waals surface area contributed by atoms with Crippen LogP contribution in [0.3, 0.4) is 0 Å². The first-order chi connectivity index (χ1) is 12.3. The maximum atomic E-state index is 12.5. The standard InChI is InChI=1S/C16H29N5O5/c1-10(18)14(23)19-9-13(22)21-8-4-6-12(21)15(24)20-11(16(25)26)5-2-3-7-17/h10-12H,2-9,17-18H2,1H3,(H,19,23)(H,20,24)(H,25,26). The van der Waals surface area contributed by atoms with Crippen molar-refractivity contribution in [2.75, 3.05) is 19.6 Å². The lowest BCUT2D eigenvalue weighted by Crippen LogP contribution is -2.53. The molecule has 10 nitrogen and oxygen atoms in total. The van der Waals surface area contributed by atoms with Gasteiger partial charge in [-0.3, -0.25) is 14.4 Å². The van der Waals surface area contributed by atoms with E-state index >= 15 is 0 Å². The van der Waals surface area contributed by atoms with Crippen LogP contribution in [0.4, 0.5) is 0 Å². The average molecular weight is 371 g/mol. The second-order valence-electron chi connectivity index (χ2n) is 6.44. The molecule has 0 bridgehead atoms. The lowest BCUT2D eigenvalue weighted by atomic mass is 10.1. The first-order valence-corrected chi connectivity index (χ1v) is 8.84. The Balaban J connectivity index is 2.61. The molecule has 0 saturated carbocycles. The van der Waals surface area contributed by atoms with E-state index in [4.69, 9.17) is 11.5 Å². The molecule has 0 aromatic carbocycles. The Morgan fingerprint density at radius 2 is 1.96 bits per heavy atom. The lowest BCUT2D eigenvalue weighted by Gasteiger charge is -2.25. The van der Waals surface area contributed by atoms with E-state index in [0.717, 1.165) is 0 Å². The third-order valence-electron chi connectivity index (χ3n) is 4.26.